The maximum atomic E-state index is 13.6. The Labute approximate surface area is 118 Å². The first-order valence-corrected chi connectivity index (χ1v) is 7.07. The fourth-order valence-corrected chi connectivity index (χ4v) is 2.38. The van der Waals surface area contributed by atoms with E-state index < -0.39 is 5.91 Å². The van der Waals surface area contributed by atoms with Crippen LogP contribution in [-0.4, -0.2) is 25.2 Å². The number of rotatable bonds is 6. The third kappa shape index (κ3) is 4.28. The van der Waals surface area contributed by atoms with Crippen molar-refractivity contribution in [2.24, 2.45) is 5.73 Å². The summed E-state index contributed by atoms with van der Waals surface area (Å²) in [4.78, 5) is 11.1. The van der Waals surface area contributed by atoms with E-state index in [0.29, 0.717) is 23.8 Å². The second-order valence-corrected chi connectivity index (χ2v) is 5.12. The van der Waals surface area contributed by atoms with E-state index in [0.717, 1.165) is 32.4 Å². The molecule has 1 amide bonds. The zero-order valence-corrected chi connectivity index (χ0v) is 11.5. The number of primary amides is 1. The molecular weight excluding hydrogens is 259 g/mol. The maximum Gasteiger partial charge on any atom is 0.248 e. The van der Waals surface area contributed by atoms with E-state index in [-0.39, 0.29) is 5.82 Å². The standard InChI is InChI=1S/C15H21FN2O2/c16-14-5-4-11(15(17)19)9-12(14)10-18-7-6-13-3-1-2-8-20-13/h4-5,9,13,18H,1-3,6-8,10H2,(H2,17,19). The number of halogens is 1. The molecule has 110 valence electrons. The lowest BCUT2D eigenvalue weighted by molar-refractivity contribution is 0.0115. The number of hydrogen-bond acceptors (Lipinski definition) is 3. The molecule has 20 heavy (non-hydrogen) atoms. The SMILES string of the molecule is NC(=O)c1ccc(F)c(CNCCC2CCCCO2)c1. The first-order chi connectivity index (χ1) is 9.66. The molecule has 1 saturated heterocycles. The molecule has 0 spiro atoms. The average molecular weight is 280 g/mol. The van der Waals surface area contributed by atoms with Gasteiger partial charge < -0.3 is 15.8 Å². The molecule has 1 fully saturated rings. The van der Waals surface area contributed by atoms with Crippen LogP contribution >= 0.6 is 0 Å². The Kier molecular flexibility index (Phi) is 5.49. The van der Waals surface area contributed by atoms with E-state index >= 15 is 0 Å². The first kappa shape index (κ1) is 14.9. The fraction of sp³-hybridized carbons (Fsp3) is 0.533. The lowest BCUT2D eigenvalue weighted by atomic mass is 10.1. The summed E-state index contributed by atoms with van der Waals surface area (Å²) in [5.41, 5.74) is 5.98. The number of nitrogens with one attached hydrogen (secondary N) is 1. The van der Waals surface area contributed by atoms with Gasteiger partial charge in [0, 0.05) is 24.3 Å². The molecule has 1 aliphatic rings. The van der Waals surface area contributed by atoms with Gasteiger partial charge >= 0.3 is 0 Å². The summed E-state index contributed by atoms with van der Waals surface area (Å²) in [7, 11) is 0. The van der Waals surface area contributed by atoms with Crippen LogP contribution in [0, 0.1) is 5.82 Å². The molecule has 1 aromatic carbocycles. The van der Waals surface area contributed by atoms with Crippen molar-refractivity contribution in [2.45, 2.75) is 38.3 Å². The summed E-state index contributed by atoms with van der Waals surface area (Å²) >= 11 is 0. The molecule has 4 nitrogen and oxygen atoms in total. The molecule has 0 radical (unpaired) electrons. The second-order valence-electron chi connectivity index (χ2n) is 5.12. The van der Waals surface area contributed by atoms with E-state index in [2.05, 4.69) is 5.32 Å². The number of ether oxygens (including phenoxy) is 1. The van der Waals surface area contributed by atoms with E-state index in [9.17, 15) is 9.18 Å². The molecule has 0 aliphatic carbocycles. The van der Waals surface area contributed by atoms with Gasteiger partial charge in [-0.3, -0.25) is 4.79 Å². The Hall–Kier alpha value is -1.46. The Morgan fingerprint density at radius 3 is 3.00 bits per heavy atom. The lowest BCUT2D eigenvalue weighted by Gasteiger charge is -2.22. The van der Waals surface area contributed by atoms with E-state index in [1.54, 1.807) is 0 Å². The number of amides is 1. The number of nitrogens with two attached hydrogens (primary N) is 1. The summed E-state index contributed by atoms with van der Waals surface area (Å²) in [5.74, 6) is -0.863. The van der Waals surface area contributed by atoms with E-state index in [1.165, 1.54) is 24.6 Å². The smallest absolute Gasteiger partial charge is 0.248 e. The highest BCUT2D eigenvalue weighted by Crippen LogP contribution is 2.15. The highest BCUT2D eigenvalue weighted by Gasteiger charge is 2.13. The van der Waals surface area contributed by atoms with Crippen molar-refractivity contribution in [3.05, 3.63) is 35.1 Å². The normalized spacial score (nSPS) is 18.9. The molecule has 1 heterocycles. The van der Waals surface area contributed by atoms with Crippen molar-refractivity contribution in [3.8, 4) is 0 Å². The Morgan fingerprint density at radius 1 is 1.45 bits per heavy atom. The third-order valence-electron chi connectivity index (χ3n) is 3.56. The zero-order chi connectivity index (χ0) is 14.4. The van der Waals surface area contributed by atoms with Crippen LogP contribution in [0.25, 0.3) is 0 Å². The summed E-state index contributed by atoms with van der Waals surface area (Å²) in [6, 6.07) is 4.18. The summed E-state index contributed by atoms with van der Waals surface area (Å²) in [5, 5.41) is 3.18. The zero-order valence-electron chi connectivity index (χ0n) is 11.5. The number of carbonyl (C=O) groups is 1. The highest BCUT2D eigenvalue weighted by atomic mass is 19.1. The molecule has 0 aromatic heterocycles. The minimum absolute atomic E-state index is 0.318. The van der Waals surface area contributed by atoms with Gasteiger partial charge in [-0.25, -0.2) is 4.39 Å². The molecule has 3 N–H and O–H groups in total. The van der Waals surface area contributed by atoms with Gasteiger partial charge in [0.25, 0.3) is 0 Å². The van der Waals surface area contributed by atoms with Gasteiger partial charge in [-0.2, -0.15) is 0 Å². The van der Waals surface area contributed by atoms with Crippen molar-refractivity contribution in [1.82, 2.24) is 5.32 Å². The van der Waals surface area contributed by atoms with Crippen molar-refractivity contribution < 1.29 is 13.9 Å². The number of benzene rings is 1. The predicted octanol–water partition coefficient (Wildman–Crippen LogP) is 1.97. The van der Waals surface area contributed by atoms with Gasteiger partial charge in [0.05, 0.1) is 6.10 Å². The molecule has 1 unspecified atom stereocenters. The van der Waals surface area contributed by atoms with Gasteiger partial charge in [0.2, 0.25) is 5.91 Å². The molecule has 1 aromatic rings. The van der Waals surface area contributed by atoms with Crippen LogP contribution in [0.15, 0.2) is 18.2 Å². The van der Waals surface area contributed by atoms with E-state index in [1.807, 2.05) is 0 Å². The van der Waals surface area contributed by atoms with Crippen LogP contribution < -0.4 is 11.1 Å². The molecule has 1 aliphatic heterocycles. The van der Waals surface area contributed by atoms with Gasteiger partial charge in [-0.1, -0.05) is 0 Å². The monoisotopic (exact) mass is 280 g/mol. The van der Waals surface area contributed by atoms with Crippen LogP contribution in [0.4, 0.5) is 4.39 Å². The highest BCUT2D eigenvalue weighted by molar-refractivity contribution is 5.92. The van der Waals surface area contributed by atoms with Crippen LogP contribution in [-0.2, 0) is 11.3 Å². The van der Waals surface area contributed by atoms with E-state index in [4.69, 9.17) is 10.5 Å². The topological polar surface area (TPSA) is 64.4 Å². The molecule has 0 bridgehead atoms. The first-order valence-electron chi connectivity index (χ1n) is 7.07. The Bertz CT molecular complexity index is 459. The summed E-state index contributed by atoms with van der Waals surface area (Å²) in [6.45, 7) is 2.00. The van der Waals surface area contributed by atoms with Crippen LogP contribution in [0.1, 0.15) is 41.6 Å². The van der Waals surface area contributed by atoms with Crippen molar-refractivity contribution in [3.63, 3.8) is 0 Å². The average Bonchev–Trinajstić information content (AvgIpc) is 2.46. The van der Waals surface area contributed by atoms with Gasteiger partial charge in [-0.15, -0.1) is 0 Å². The second kappa shape index (κ2) is 7.36. The number of carbonyl (C=O) groups excluding carboxylic acids is 1. The molecule has 5 heteroatoms. The van der Waals surface area contributed by atoms with Crippen LogP contribution in [0.3, 0.4) is 0 Å². The Morgan fingerprint density at radius 2 is 2.30 bits per heavy atom. The molecule has 0 saturated carbocycles. The van der Waals surface area contributed by atoms with Gasteiger partial charge in [0.1, 0.15) is 5.82 Å². The van der Waals surface area contributed by atoms with Crippen LogP contribution in [0.5, 0.6) is 0 Å². The van der Waals surface area contributed by atoms with Gasteiger partial charge in [0.15, 0.2) is 0 Å². The summed E-state index contributed by atoms with van der Waals surface area (Å²) < 4.78 is 19.2. The minimum Gasteiger partial charge on any atom is -0.378 e. The van der Waals surface area contributed by atoms with Gasteiger partial charge in [-0.05, 0) is 50.4 Å². The number of hydrogen-bond donors (Lipinski definition) is 2. The molecule has 2 rings (SSSR count). The van der Waals surface area contributed by atoms with Crippen molar-refractivity contribution in [2.75, 3.05) is 13.2 Å². The Balaban J connectivity index is 1.78. The third-order valence-corrected chi connectivity index (χ3v) is 3.56. The molecule has 1 atom stereocenters. The summed E-state index contributed by atoms with van der Waals surface area (Å²) in [6.07, 6.45) is 4.72. The fourth-order valence-electron chi connectivity index (χ4n) is 2.38. The van der Waals surface area contributed by atoms with Crippen molar-refractivity contribution >= 4 is 5.91 Å². The largest absolute Gasteiger partial charge is 0.378 e. The lowest BCUT2D eigenvalue weighted by Crippen LogP contribution is -2.25. The maximum absolute atomic E-state index is 13.6. The molecular formula is C15H21FN2O2. The van der Waals surface area contributed by atoms with Crippen molar-refractivity contribution in [1.29, 1.82) is 0 Å². The quantitative estimate of drug-likeness (QED) is 0.783. The van der Waals surface area contributed by atoms with Crippen LogP contribution in [0.2, 0.25) is 0 Å². The minimum atomic E-state index is -0.540. The predicted molar refractivity (Wildman–Crippen MR) is 74.8 cm³/mol.